The van der Waals surface area contributed by atoms with Crippen LogP contribution in [0, 0.1) is 5.92 Å². The van der Waals surface area contributed by atoms with Gasteiger partial charge in [0.1, 0.15) is 0 Å². The zero-order chi connectivity index (χ0) is 21.8. The number of benzene rings is 3. The molecule has 4 rings (SSSR count). The van der Waals surface area contributed by atoms with Gasteiger partial charge in [-0.1, -0.05) is 66.2 Å². The highest BCUT2D eigenvalue weighted by Gasteiger charge is 2.32. The monoisotopic (exact) mass is 456 g/mol. The van der Waals surface area contributed by atoms with E-state index in [-0.39, 0.29) is 24.1 Å². The van der Waals surface area contributed by atoms with Crippen LogP contribution in [0.25, 0.3) is 10.8 Å². The zero-order valence-corrected chi connectivity index (χ0v) is 18.7. The van der Waals surface area contributed by atoms with Crippen molar-refractivity contribution in [2.75, 3.05) is 13.1 Å². The number of sulfonamides is 1. The average Bonchev–Trinajstić information content (AvgIpc) is 2.77. The highest BCUT2D eigenvalue weighted by atomic mass is 35.5. The average molecular weight is 457 g/mol. The summed E-state index contributed by atoms with van der Waals surface area (Å²) in [6.45, 7) is 1.08. The standard InChI is InChI=1S/C24H25ClN2O3S/c25-22-11-3-6-18(14-22)17-31(29,30)27-13-5-10-21(16-27)24(28)26-15-20-9-4-8-19-7-1-2-12-23(19)20/h1-4,6-9,11-12,14,21H,5,10,13,15-17H2,(H,26,28). The topological polar surface area (TPSA) is 66.5 Å². The van der Waals surface area contributed by atoms with Crippen molar-refractivity contribution in [3.8, 4) is 0 Å². The van der Waals surface area contributed by atoms with Crippen molar-refractivity contribution in [1.29, 1.82) is 0 Å². The van der Waals surface area contributed by atoms with E-state index >= 15 is 0 Å². The van der Waals surface area contributed by atoms with E-state index in [0.29, 0.717) is 36.5 Å². The fourth-order valence-electron chi connectivity index (χ4n) is 4.11. The van der Waals surface area contributed by atoms with Crippen molar-refractivity contribution in [3.63, 3.8) is 0 Å². The Bertz CT molecular complexity index is 1190. The van der Waals surface area contributed by atoms with Crippen LogP contribution in [0.3, 0.4) is 0 Å². The molecule has 31 heavy (non-hydrogen) atoms. The van der Waals surface area contributed by atoms with Crippen LogP contribution in [0.4, 0.5) is 0 Å². The Morgan fingerprint density at radius 2 is 1.84 bits per heavy atom. The molecule has 0 radical (unpaired) electrons. The van der Waals surface area contributed by atoms with Gasteiger partial charge in [0, 0.05) is 24.7 Å². The van der Waals surface area contributed by atoms with E-state index in [1.807, 2.05) is 42.5 Å². The lowest BCUT2D eigenvalue weighted by atomic mass is 9.98. The number of amides is 1. The molecule has 3 aromatic carbocycles. The quantitative estimate of drug-likeness (QED) is 0.599. The summed E-state index contributed by atoms with van der Waals surface area (Å²) in [7, 11) is -3.52. The van der Waals surface area contributed by atoms with Crippen LogP contribution in [0.5, 0.6) is 0 Å². The number of hydrogen-bond acceptors (Lipinski definition) is 3. The number of nitrogens with zero attached hydrogens (tertiary/aromatic N) is 1. The molecule has 0 spiro atoms. The highest BCUT2D eigenvalue weighted by Crippen LogP contribution is 2.23. The van der Waals surface area contributed by atoms with Crippen LogP contribution in [0.2, 0.25) is 5.02 Å². The number of carbonyl (C=O) groups is 1. The zero-order valence-electron chi connectivity index (χ0n) is 17.1. The van der Waals surface area contributed by atoms with E-state index in [9.17, 15) is 13.2 Å². The molecule has 1 heterocycles. The van der Waals surface area contributed by atoms with Gasteiger partial charge >= 0.3 is 0 Å². The second-order valence-corrected chi connectivity index (χ2v) is 10.3. The summed E-state index contributed by atoms with van der Waals surface area (Å²) >= 11 is 5.98. The first-order valence-electron chi connectivity index (χ1n) is 10.4. The predicted octanol–water partition coefficient (Wildman–Crippen LogP) is 4.35. The van der Waals surface area contributed by atoms with Gasteiger partial charge in [0.15, 0.2) is 0 Å². The normalized spacial score (nSPS) is 17.5. The summed E-state index contributed by atoms with van der Waals surface area (Å²) in [4.78, 5) is 12.8. The van der Waals surface area contributed by atoms with Crippen LogP contribution in [-0.2, 0) is 27.1 Å². The lowest BCUT2D eigenvalue weighted by Gasteiger charge is -2.31. The highest BCUT2D eigenvalue weighted by molar-refractivity contribution is 7.88. The van der Waals surface area contributed by atoms with Gasteiger partial charge in [-0.3, -0.25) is 4.79 Å². The molecule has 7 heteroatoms. The summed E-state index contributed by atoms with van der Waals surface area (Å²) in [5.41, 5.74) is 1.70. The van der Waals surface area contributed by atoms with E-state index in [1.54, 1.807) is 24.3 Å². The molecular formula is C24H25ClN2O3S. The Labute approximate surface area is 188 Å². The molecule has 162 valence electrons. The van der Waals surface area contributed by atoms with Crippen LogP contribution >= 0.6 is 11.6 Å². The Hall–Kier alpha value is -2.41. The molecule has 1 unspecified atom stereocenters. The molecule has 1 atom stereocenters. The van der Waals surface area contributed by atoms with Gasteiger partial charge in [0.25, 0.3) is 0 Å². The van der Waals surface area contributed by atoms with Gasteiger partial charge in [-0.05, 0) is 46.9 Å². The Morgan fingerprint density at radius 3 is 2.68 bits per heavy atom. The van der Waals surface area contributed by atoms with Crippen LogP contribution in [0.15, 0.2) is 66.7 Å². The number of hydrogen-bond donors (Lipinski definition) is 1. The van der Waals surface area contributed by atoms with E-state index in [4.69, 9.17) is 11.6 Å². The van der Waals surface area contributed by atoms with Gasteiger partial charge in [-0.25, -0.2) is 12.7 Å². The van der Waals surface area contributed by atoms with Gasteiger partial charge in [0.2, 0.25) is 15.9 Å². The lowest BCUT2D eigenvalue weighted by Crippen LogP contribution is -2.45. The van der Waals surface area contributed by atoms with Crippen molar-refractivity contribution < 1.29 is 13.2 Å². The van der Waals surface area contributed by atoms with Crippen LogP contribution in [-0.4, -0.2) is 31.7 Å². The molecule has 1 amide bonds. The first-order valence-corrected chi connectivity index (χ1v) is 12.4. The maximum absolute atomic E-state index is 12.9. The smallest absolute Gasteiger partial charge is 0.224 e. The number of piperidine rings is 1. The lowest BCUT2D eigenvalue weighted by molar-refractivity contribution is -0.126. The molecule has 0 aliphatic carbocycles. The minimum absolute atomic E-state index is 0.101. The summed E-state index contributed by atoms with van der Waals surface area (Å²) in [5.74, 6) is -0.564. The Kier molecular flexibility index (Phi) is 6.60. The molecule has 1 fully saturated rings. The SMILES string of the molecule is O=C(NCc1cccc2ccccc12)C1CCCN(S(=O)(=O)Cc2cccc(Cl)c2)C1. The fourth-order valence-corrected chi connectivity index (χ4v) is 5.92. The summed E-state index contributed by atoms with van der Waals surface area (Å²) in [5, 5.41) is 5.76. The first-order chi connectivity index (χ1) is 14.9. The molecular weight excluding hydrogens is 432 g/mol. The Balaban J connectivity index is 1.40. The summed E-state index contributed by atoms with van der Waals surface area (Å²) < 4.78 is 27.3. The largest absolute Gasteiger partial charge is 0.352 e. The van der Waals surface area contributed by atoms with Crippen molar-refractivity contribution in [3.05, 3.63) is 82.9 Å². The van der Waals surface area contributed by atoms with E-state index in [2.05, 4.69) is 5.32 Å². The van der Waals surface area contributed by atoms with Crippen molar-refractivity contribution >= 4 is 38.3 Å². The first kappa shape index (κ1) is 21.8. The maximum atomic E-state index is 12.9. The molecule has 5 nitrogen and oxygen atoms in total. The fraction of sp³-hybridized carbons (Fsp3) is 0.292. The van der Waals surface area contributed by atoms with Crippen molar-refractivity contribution in [2.45, 2.75) is 25.1 Å². The molecule has 1 aliphatic heterocycles. The Morgan fingerprint density at radius 1 is 1.06 bits per heavy atom. The number of halogens is 1. The molecule has 1 N–H and O–H groups in total. The van der Waals surface area contributed by atoms with E-state index < -0.39 is 10.0 Å². The molecule has 3 aromatic rings. The third-order valence-electron chi connectivity index (χ3n) is 5.72. The van der Waals surface area contributed by atoms with Crippen molar-refractivity contribution in [1.82, 2.24) is 9.62 Å². The van der Waals surface area contributed by atoms with Gasteiger partial charge in [-0.15, -0.1) is 0 Å². The van der Waals surface area contributed by atoms with Gasteiger partial charge in [-0.2, -0.15) is 0 Å². The van der Waals surface area contributed by atoms with E-state index in [1.165, 1.54) is 4.31 Å². The van der Waals surface area contributed by atoms with Crippen LogP contribution < -0.4 is 5.32 Å². The molecule has 0 aromatic heterocycles. The number of fused-ring (bicyclic) bond motifs is 1. The third-order valence-corrected chi connectivity index (χ3v) is 7.77. The predicted molar refractivity (Wildman–Crippen MR) is 124 cm³/mol. The van der Waals surface area contributed by atoms with Gasteiger partial charge < -0.3 is 5.32 Å². The number of carbonyl (C=O) groups excluding carboxylic acids is 1. The molecule has 0 saturated carbocycles. The minimum atomic E-state index is -3.52. The number of rotatable bonds is 6. The van der Waals surface area contributed by atoms with E-state index in [0.717, 1.165) is 16.3 Å². The second kappa shape index (κ2) is 9.39. The molecule has 1 aliphatic rings. The second-order valence-electron chi connectivity index (χ2n) is 7.94. The summed E-state index contributed by atoms with van der Waals surface area (Å²) in [6, 6.07) is 21.0. The van der Waals surface area contributed by atoms with Crippen LogP contribution in [0.1, 0.15) is 24.0 Å². The minimum Gasteiger partial charge on any atom is -0.352 e. The number of nitrogens with one attached hydrogen (secondary N) is 1. The third kappa shape index (κ3) is 5.26. The van der Waals surface area contributed by atoms with Gasteiger partial charge in [0.05, 0.1) is 11.7 Å². The maximum Gasteiger partial charge on any atom is 0.224 e. The summed E-state index contributed by atoms with van der Waals surface area (Å²) in [6.07, 6.45) is 1.35. The molecule has 0 bridgehead atoms. The van der Waals surface area contributed by atoms with Crippen molar-refractivity contribution in [2.24, 2.45) is 5.92 Å². The molecule has 1 saturated heterocycles.